The quantitative estimate of drug-likeness (QED) is 0.917. The van der Waals surface area contributed by atoms with Gasteiger partial charge in [0.15, 0.2) is 0 Å². The van der Waals surface area contributed by atoms with Gasteiger partial charge in [-0.25, -0.2) is 0 Å². The number of aryl methyl sites for hydroxylation is 1. The van der Waals surface area contributed by atoms with Crippen LogP contribution in [-0.2, 0) is 4.79 Å². The van der Waals surface area contributed by atoms with Gasteiger partial charge in [0, 0.05) is 30.9 Å². The Balaban J connectivity index is 1.50. The lowest BCUT2D eigenvalue weighted by Crippen LogP contribution is -2.39. The third-order valence-electron chi connectivity index (χ3n) is 4.86. The van der Waals surface area contributed by atoms with E-state index in [1.54, 1.807) is 6.20 Å². The topological polar surface area (TPSA) is 58.2 Å². The Kier molecular flexibility index (Phi) is 5.18. The molecule has 0 radical (unpaired) electrons. The molecule has 5 nitrogen and oxygen atoms in total. The van der Waals surface area contributed by atoms with Crippen molar-refractivity contribution in [1.82, 2.24) is 15.1 Å². The number of benzene rings is 1. The average Bonchev–Trinajstić information content (AvgIpc) is 3.13. The number of aromatic amines is 1. The zero-order valence-corrected chi connectivity index (χ0v) is 14.4. The van der Waals surface area contributed by atoms with Gasteiger partial charge < -0.3 is 9.64 Å². The number of nitrogens with zero attached hydrogens (tertiary/aromatic N) is 2. The maximum absolute atomic E-state index is 12.5. The van der Waals surface area contributed by atoms with Crippen LogP contribution >= 0.6 is 0 Å². The van der Waals surface area contributed by atoms with Crippen LogP contribution in [0.25, 0.3) is 0 Å². The first kappa shape index (κ1) is 16.6. The molecule has 1 saturated heterocycles. The third kappa shape index (κ3) is 3.78. The summed E-state index contributed by atoms with van der Waals surface area (Å²) < 4.78 is 5.81. The molecular formula is C19H25N3O2. The van der Waals surface area contributed by atoms with E-state index in [0.717, 1.165) is 42.9 Å². The minimum atomic E-state index is 0.171. The van der Waals surface area contributed by atoms with Crippen LogP contribution in [0.3, 0.4) is 0 Å². The lowest BCUT2D eigenvalue weighted by molar-refractivity contribution is -0.132. The molecule has 1 aromatic carbocycles. The predicted octanol–water partition coefficient (Wildman–Crippen LogP) is 3.20. The number of rotatable bonds is 5. The summed E-state index contributed by atoms with van der Waals surface area (Å²) in [7, 11) is 0. The molecular weight excluding hydrogens is 302 g/mol. The number of ether oxygens (including phenoxy) is 1. The Morgan fingerprint density at radius 1 is 1.38 bits per heavy atom. The number of carbonyl (C=O) groups excluding carboxylic acids is 1. The SMILES string of the molecule is Cc1cccc(OCCC(=O)N2CCC[C@@H](c3ccn[nH]3)C2)c1C. The number of aromatic nitrogens is 2. The Bertz CT molecular complexity index is 682. The Morgan fingerprint density at radius 2 is 2.25 bits per heavy atom. The minimum Gasteiger partial charge on any atom is -0.493 e. The average molecular weight is 327 g/mol. The number of hydrogen-bond acceptors (Lipinski definition) is 3. The highest BCUT2D eigenvalue weighted by atomic mass is 16.5. The van der Waals surface area contributed by atoms with Gasteiger partial charge in [-0.1, -0.05) is 12.1 Å². The number of amides is 1. The highest BCUT2D eigenvalue weighted by Crippen LogP contribution is 2.26. The van der Waals surface area contributed by atoms with Crippen LogP contribution in [0.4, 0.5) is 0 Å². The number of hydrogen-bond donors (Lipinski definition) is 1. The van der Waals surface area contributed by atoms with E-state index in [1.165, 1.54) is 5.56 Å². The number of likely N-dealkylation sites (tertiary alicyclic amines) is 1. The van der Waals surface area contributed by atoms with Gasteiger partial charge in [-0.2, -0.15) is 5.10 Å². The van der Waals surface area contributed by atoms with Gasteiger partial charge in [-0.3, -0.25) is 9.89 Å². The van der Waals surface area contributed by atoms with Crippen molar-refractivity contribution in [2.24, 2.45) is 0 Å². The Labute approximate surface area is 143 Å². The van der Waals surface area contributed by atoms with E-state index in [2.05, 4.69) is 23.2 Å². The highest BCUT2D eigenvalue weighted by molar-refractivity contribution is 5.76. The molecule has 1 fully saturated rings. The van der Waals surface area contributed by atoms with Crippen molar-refractivity contribution in [3.63, 3.8) is 0 Å². The molecule has 1 N–H and O–H groups in total. The van der Waals surface area contributed by atoms with E-state index in [4.69, 9.17) is 4.74 Å². The van der Waals surface area contributed by atoms with E-state index in [0.29, 0.717) is 18.9 Å². The standard InChI is InChI=1S/C19H25N3O2/c1-14-5-3-7-18(15(14)2)24-12-9-19(23)22-11-4-6-16(13-22)17-8-10-20-21-17/h3,5,7-8,10,16H,4,6,9,11-13H2,1-2H3,(H,20,21)/t16-/m1/s1. The van der Waals surface area contributed by atoms with E-state index in [-0.39, 0.29) is 5.91 Å². The second-order valence-electron chi connectivity index (χ2n) is 6.49. The van der Waals surface area contributed by atoms with Crippen molar-refractivity contribution >= 4 is 5.91 Å². The van der Waals surface area contributed by atoms with E-state index >= 15 is 0 Å². The fraction of sp³-hybridized carbons (Fsp3) is 0.474. The van der Waals surface area contributed by atoms with Crippen molar-refractivity contribution in [3.8, 4) is 5.75 Å². The van der Waals surface area contributed by atoms with E-state index in [1.807, 2.05) is 30.0 Å². The summed E-state index contributed by atoms with van der Waals surface area (Å²) in [4.78, 5) is 14.4. The molecule has 0 unspecified atom stereocenters. The van der Waals surface area contributed by atoms with E-state index < -0.39 is 0 Å². The minimum absolute atomic E-state index is 0.171. The first-order valence-electron chi connectivity index (χ1n) is 8.61. The van der Waals surface area contributed by atoms with Crippen LogP contribution in [0.2, 0.25) is 0 Å². The monoisotopic (exact) mass is 327 g/mol. The summed E-state index contributed by atoms with van der Waals surface area (Å²) >= 11 is 0. The van der Waals surface area contributed by atoms with Crippen LogP contribution in [-0.4, -0.2) is 40.7 Å². The Morgan fingerprint density at radius 3 is 3.04 bits per heavy atom. The third-order valence-corrected chi connectivity index (χ3v) is 4.86. The van der Waals surface area contributed by atoms with Crippen LogP contribution in [0.15, 0.2) is 30.5 Å². The first-order valence-corrected chi connectivity index (χ1v) is 8.61. The molecule has 0 bridgehead atoms. The number of H-pyrrole nitrogens is 1. The van der Waals surface area contributed by atoms with Crippen LogP contribution < -0.4 is 4.74 Å². The number of piperidine rings is 1. The van der Waals surface area contributed by atoms with Crippen LogP contribution in [0.1, 0.15) is 42.0 Å². The summed E-state index contributed by atoms with van der Waals surface area (Å²) in [6.07, 6.45) is 4.33. The number of carbonyl (C=O) groups is 1. The molecule has 1 aromatic heterocycles. The Hall–Kier alpha value is -2.30. The molecule has 2 aromatic rings. The van der Waals surface area contributed by atoms with Gasteiger partial charge >= 0.3 is 0 Å². The molecule has 0 aliphatic carbocycles. The van der Waals surface area contributed by atoms with E-state index in [9.17, 15) is 4.79 Å². The van der Waals surface area contributed by atoms with Gasteiger partial charge in [0.25, 0.3) is 0 Å². The zero-order valence-electron chi connectivity index (χ0n) is 14.4. The summed E-state index contributed by atoms with van der Waals surface area (Å²) in [6, 6.07) is 8.01. The lowest BCUT2D eigenvalue weighted by atomic mass is 9.95. The summed E-state index contributed by atoms with van der Waals surface area (Å²) in [6.45, 7) is 6.15. The van der Waals surface area contributed by atoms with Gasteiger partial charge in [0.1, 0.15) is 5.75 Å². The predicted molar refractivity (Wildman–Crippen MR) is 93.2 cm³/mol. The smallest absolute Gasteiger partial charge is 0.226 e. The molecule has 2 heterocycles. The van der Waals surface area contributed by atoms with Crippen molar-refractivity contribution in [2.45, 2.75) is 39.0 Å². The lowest BCUT2D eigenvalue weighted by Gasteiger charge is -2.32. The normalized spacial score (nSPS) is 17.8. The molecule has 1 atom stereocenters. The molecule has 5 heteroatoms. The summed E-state index contributed by atoms with van der Waals surface area (Å²) in [5, 5.41) is 7.05. The summed E-state index contributed by atoms with van der Waals surface area (Å²) in [5.74, 6) is 1.41. The van der Waals surface area contributed by atoms with Gasteiger partial charge in [-0.05, 0) is 49.9 Å². The second kappa shape index (κ2) is 7.51. The largest absolute Gasteiger partial charge is 0.493 e. The maximum atomic E-state index is 12.5. The molecule has 3 rings (SSSR count). The van der Waals surface area contributed by atoms with Crippen LogP contribution in [0, 0.1) is 13.8 Å². The van der Waals surface area contributed by atoms with Gasteiger partial charge in [0.2, 0.25) is 5.91 Å². The maximum Gasteiger partial charge on any atom is 0.226 e. The molecule has 0 spiro atoms. The molecule has 24 heavy (non-hydrogen) atoms. The zero-order chi connectivity index (χ0) is 16.9. The molecule has 1 amide bonds. The highest BCUT2D eigenvalue weighted by Gasteiger charge is 2.25. The van der Waals surface area contributed by atoms with Crippen molar-refractivity contribution in [1.29, 1.82) is 0 Å². The van der Waals surface area contributed by atoms with Crippen molar-refractivity contribution in [2.75, 3.05) is 19.7 Å². The van der Waals surface area contributed by atoms with Crippen molar-refractivity contribution in [3.05, 3.63) is 47.3 Å². The molecule has 1 aliphatic heterocycles. The summed E-state index contributed by atoms with van der Waals surface area (Å²) in [5.41, 5.74) is 3.47. The number of nitrogens with one attached hydrogen (secondary N) is 1. The molecule has 0 saturated carbocycles. The van der Waals surface area contributed by atoms with Crippen LogP contribution in [0.5, 0.6) is 5.75 Å². The second-order valence-corrected chi connectivity index (χ2v) is 6.49. The fourth-order valence-corrected chi connectivity index (χ4v) is 3.24. The molecule has 1 aliphatic rings. The molecule has 128 valence electrons. The van der Waals surface area contributed by atoms with Crippen molar-refractivity contribution < 1.29 is 9.53 Å². The van der Waals surface area contributed by atoms with Gasteiger partial charge in [0.05, 0.1) is 13.0 Å². The fourth-order valence-electron chi connectivity index (χ4n) is 3.24. The van der Waals surface area contributed by atoms with Gasteiger partial charge in [-0.15, -0.1) is 0 Å². The first-order chi connectivity index (χ1) is 11.6.